The summed E-state index contributed by atoms with van der Waals surface area (Å²) in [6.45, 7) is 3.84. The maximum atomic E-state index is 12.6. The molecule has 21 heavy (non-hydrogen) atoms. The minimum absolute atomic E-state index is 0.0288. The van der Waals surface area contributed by atoms with Crippen LogP contribution < -0.4 is 0 Å². The van der Waals surface area contributed by atoms with Crippen LogP contribution in [0.15, 0.2) is 18.3 Å². The second-order valence-electron chi connectivity index (χ2n) is 5.32. The molecule has 0 bridgehead atoms. The number of amides is 1. The van der Waals surface area contributed by atoms with Crippen LogP contribution in [0.4, 0.5) is 0 Å². The fourth-order valence-corrected chi connectivity index (χ4v) is 2.58. The highest BCUT2D eigenvalue weighted by Crippen LogP contribution is 2.21. The molecule has 0 unspecified atom stereocenters. The van der Waals surface area contributed by atoms with Gasteiger partial charge in [0.15, 0.2) is 0 Å². The minimum Gasteiger partial charge on any atom is -0.395 e. The standard InChI is InChI=1S/C17H22N2O2/c1-2-14-8-11-19(12-9-14)17(21)16-15(6-3-4-13-20)7-5-10-18-16/h5,7,10,14,20H,2,4,8-9,11-13H2,1H3. The van der Waals surface area contributed by atoms with Crippen LogP contribution in [0.1, 0.15) is 48.7 Å². The van der Waals surface area contributed by atoms with Crippen LogP contribution in [0.5, 0.6) is 0 Å². The van der Waals surface area contributed by atoms with Gasteiger partial charge in [-0.05, 0) is 30.9 Å². The van der Waals surface area contributed by atoms with Gasteiger partial charge in [-0.15, -0.1) is 0 Å². The van der Waals surface area contributed by atoms with Crippen molar-refractivity contribution in [3.8, 4) is 11.8 Å². The number of aliphatic hydroxyl groups excluding tert-OH is 1. The lowest BCUT2D eigenvalue weighted by molar-refractivity contribution is 0.0682. The van der Waals surface area contributed by atoms with Gasteiger partial charge in [0.05, 0.1) is 12.2 Å². The van der Waals surface area contributed by atoms with E-state index in [4.69, 9.17) is 5.11 Å². The lowest BCUT2D eigenvalue weighted by Gasteiger charge is -2.31. The van der Waals surface area contributed by atoms with Crippen molar-refractivity contribution in [2.45, 2.75) is 32.6 Å². The molecule has 0 aliphatic carbocycles. The maximum Gasteiger partial charge on any atom is 0.273 e. The number of aromatic nitrogens is 1. The summed E-state index contributed by atoms with van der Waals surface area (Å²) in [6, 6.07) is 3.59. The molecule has 1 aliphatic rings. The first-order valence-electron chi connectivity index (χ1n) is 7.60. The zero-order chi connectivity index (χ0) is 15.1. The van der Waals surface area contributed by atoms with Crippen molar-refractivity contribution in [3.05, 3.63) is 29.6 Å². The second-order valence-corrected chi connectivity index (χ2v) is 5.32. The first-order chi connectivity index (χ1) is 10.3. The van der Waals surface area contributed by atoms with Crippen LogP contribution in [0.25, 0.3) is 0 Å². The normalized spacial score (nSPS) is 15.4. The molecule has 1 N–H and O–H groups in total. The highest BCUT2D eigenvalue weighted by atomic mass is 16.2. The molecule has 1 amide bonds. The Labute approximate surface area is 126 Å². The van der Waals surface area contributed by atoms with Crippen LogP contribution in [0, 0.1) is 17.8 Å². The number of hydrogen-bond donors (Lipinski definition) is 1. The smallest absolute Gasteiger partial charge is 0.273 e. The molecule has 2 rings (SSSR count). The van der Waals surface area contributed by atoms with E-state index in [1.165, 1.54) is 6.42 Å². The molecule has 1 aromatic rings. The monoisotopic (exact) mass is 286 g/mol. The number of aliphatic hydroxyl groups is 1. The lowest BCUT2D eigenvalue weighted by atomic mass is 9.94. The lowest BCUT2D eigenvalue weighted by Crippen LogP contribution is -2.39. The Kier molecular flexibility index (Phi) is 5.77. The van der Waals surface area contributed by atoms with E-state index < -0.39 is 0 Å². The van der Waals surface area contributed by atoms with Gasteiger partial charge in [-0.1, -0.05) is 25.2 Å². The average Bonchev–Trinajstić information content (AvgIpc) is 2.55. The fourth-order valence-electron chi connectivity index (χ4n) is 2.58. The van der Waals surface area contributed by atoms with E-state index >= 15 is 0 Å². The number of nitrogens with zero attached hydrogens (tertiary/aromatic N) is 2. The Balaban J connectivity index is 2.11. The third-order valence-corrected chi connectivity index (χ3v) is 3.95. The number of pyridine rings is 1. The molecule has 4 nitrogen and oxygen atoms in total. The summed E-state index contributed by atoms with van der Waals surface area (Å²) >= 11 is 0. The third kappa shape index (κ3) is 4.05. The molecule has 0 radical (unpaired) electrons. The molecule has 2 heterocycles. The SMILES string of the molecule is CCC1CCN(C(=O)c2ncccc2C#CCCO)CC1. The molecule has 0 saturated carbocycles. The summed E-state index contributed by atoms with van der Waals surface area (Å²) in [6.07, 6.45) is 5.36. The molecule has 112 valence electrons. The number of likely N-dealkylation sites (tertiary alicyclic amines) is 1. The molecule has 1 aromatic heterocycles. The maximum absolute atomic E-state index is 12.6. The van der Waals surface area contributed by atoms with E-state index in [9.17, 15) is 4.79 Å². The predicted octanol–water partition coefficient (Wildman–Crippen LogP) is 2.08. The molecule has 4 heteroatoms. The topological polar surface area (TPSA) is 53.4 Å². The van der Waals surface area contributed by atoms with Crippen molar-refractivity contribution in [1.29, 1.82) is 0 Å². The van der Waals surface area contributed by atoms with E-state index in [1.54, 1.807) is 12.3 Å². The molecular weight excluding hydrogens is 264 g/mol. The van der Waals surface area contributed by atoms with Crippen molar-refractivity contribution < 1.29 is 9.90 Å². The van der Waals surface area contributed by atoms with Gasteiger partial charge >= 0.3 is 0 Å². The van der Waals surface area contributed by atoms with Crippen molar-refractivity contribution in [1.82, 2.24) is 9.88 Å². The highest BCUT2D eigenvalue weighted by molar-refractivity contribution is 5.94. The predicted molar refractivity (Wildman–Crippen MR) is 81.7 cm³/mol. The van der Waals surface area contributed by atoms with Crippen LogP contribution in [0.2, 0.25) is 0 Å². The zero-order valence-electron chi connectivity index (χ0n) is 12.5. The quantitative estimate of drug-likeness (QED) is 0.866. The van der Waals surface area contributed by atoms with Crippen molar-refractivity contribution in [2.75, 3.05) is 19.7 Å². The van der Waals surface area contributed by atoms with Crippen LogP contribution in [0.3, 0.4) is 0 Å². The van der Waals surface area contributed by atoms with E-state index in [0.717, 1.165) is 31.8 Å². The van der Waals surface area contributed by atoms with Crippen LogP contribution in [-0.4, -0.2) is 40.6 Å². The summed E-state index contributed by atoms with van der Waals surface area (Å²) in [7, 11) is 0. The zero-order valence-corrected chi connectivity index (χ0v) is 12.5. The Morgan fingerprint density at radius 3 is 2.90 bits per heavy atom. The van der Waals surface area contributed by atoms with Gasteiger partial charge in [0, 0.05) is 25.7 Å². The van der Waals surface area contributed by atoms with Gasteiger partial charge in [0.25, 0.3) is 5.91 Å². The number of carbonyl (C=O) groups is 1. The van der Waals surface area contributed by atoms with Crippen molar-refractivity contribution in [3.63, 3.8) is 0 Å². The highest BCUT2D eigenvalue weighted by Gasteiger charge is 2.24. The fraction of sp³-hybridized carbons (Fsp3) is 0.529. The summed E-state index contributed by atoms with van der Waals surface area (Å²) in [5.41, 5.74) is 1.08. The number of piperidine rings is 1. The Morgan fingerprint density at radius 1 is 1.48 bits per heavy atom. The number of rotatable bonds is 3. The summed E-state index contributed by atoms with van der Waals surface area (Å²) in [5, 5.41) is 8.78. The van der Waals surface area contributed by atoms with E-state index in [2.05, 4.69) is 23.7 Å². The summed E-state index contributed by atoms with van der Waals surface area (Å²) in [4.78, 5) is 18.7. The Bertz CT molecular complexity index is 537. The average molecular weight is 286 g/mol. The number of hydrogen-bond acceptors (Lipinski definition) is 3. The van der Waals surface area contributed by atoms with Crippen LogP contribution in [-0.2, 0) is 0 Å². The van der Waals surface area contributed by atoms with Crippen molar-refractivity contribution >= 4 is 5.91 Å². The molecular formula is C17H22N2O2. The second kappa shape index (κ2) is 7.80. The largest absolute Gasteiger partial charge is 0.395 e. The first-order valence-corrected chi connectivity index (χ1v) is 7.60. The Morgan fingerprint density at radius 2 is 2.24 bits per heavy atom. The van der Waals surface area contributed by atoms with Gasteiger partial charge in [-0.3, -0.25) is 4.79 Å². The third-order valence-electron chi connectivity index (χ3n) is 3.95. The molecule has 0 spiro atoms. The van der Waals surface area contributed by atoms with Crippen LogP contribution >= 0.6 is 0 Å². The Hall–Kier alpha value is -1.86. The van der Waals surface area contributed by atoms with Gasteiger partial charge < -0.3 is 10.0 Å². The van der Waals surface area contributed by atoms with Gasteiger partial charge in [-0.25, -0.2) is 4.98 Å². The summed E-state index contributed by atoms with van der Waals surface area (Å²) in [5.74, 6) is 6.50. The molecule has 0 aromatic carbocycles. The molecule has 1 aliphatic heterocycles. The minimum atomic E-state index is -0.0292. The summed E-state index contributed by atoms with van der Waals surface area (Å²) < 4.78 is 0. The van der Waals surface area contributed by atoms with Gasteiger partial charge in [0.1, 0.15) is 5.69 Å². The molecule has 1 fully saturated rings. The van der Waals surface area contributed by atoms with E-state index in [0.29, 0.717) is 17.7 Å². The molecule has 0 atom stereocenters. The van der Waals surface area contributed by atoms with E-state index in [-0.39, 0.29) is 12.5 Å². The number of carbonyl (C=O) groups excluding carboxylic acids is 1. The van der Waals surface area contributed by atoms with Gasteiger partial charge in [-0.2, -0.15) is 0 Å². The van der Waals surface area contributed by atoms with Crippen molar-refractivity contribution in [2.24, 2.45) is 5.92 Å². The van der Waals surface area contributed by atoms with Gasteiger partial charge in [0.2, 0.25) is 0 Å². The van der Waals surface area contributed by atoms with E-state index in [1.807, 2.05) is 11.0 Å². The molecule has 1 saturated heterocycles. The first kappa shape index (κ1) is 15.5.